The van der Waals surface area contributed by atoms with Gasteiger partial charge in [0.2, 0.25) is 0 Å². The minimum atomic E-state index is -0.825. The van der Waals surface area contributed by atoms with E-state index in [0.717, 1.165) is 20.6 Å². The van der Waals surface area contributed by atoms with Gasteiger partial charge in [0.15, 0.2) is 5.84 Å². The molecule has 0 radical (unpaired) electrons. The number of nitrogens with zero attached hydrogens (tertiary/aromatic N) is 3. The van der Waals surface area contributed by atoms with E-state index in [-0.39, 0.29) is 25.0 Å². The summed E-state index contributed by atoms with van der Waals surface area (Å²) in [6.45, 7) is 2.08. The Labute approximate surface area is 222 Å². The van der Waals surface area contributed by atoms with E-state index in [9.17, 15) is 9.59 Å². The number of amides is 3. The van der Waals surface area contributed by atoms with Crippen LogP contribution >= 0.6 is 22.6 Å². The van der Waals surface area contributed by atoms with Gasteiger partial charge in [0, 0.05) is 12.3 Å². The molecule has 0 unspecified atom stereocenters. The van der Waals surface area contributed by atoms with Crippen LogP contribution in [-0.2, 0) is 4.79 Å². The van der Waals surface area contributed by atoms with Crippen LogP contribution in [0.15, 0.2) is 86.0 Å². The Bertz CT molecular complexity index is 1300. The molecular weight excluding hydrogens is 571 g/mol. The standard InChI is InChI=1S/C27H25IN4O4/c1-16(17-5-3-2-4-6-17)24(25-29-21-12-9-19(28)15-22(21)30-25)32-26(34)23(31-27(32)35)18-7-10-20(11-8-18)36-14-13-33/h2-12,16,23-24,33H,13-15H2,1H3,(H,31,35)/t16-,23+,24-/m0/s1. The van der Waals surface area contributed by atoms with Crippen molar-refractivity contribution in [2.45, 2.75) is 31.3 Å². The van der Waals surface area contributed by atoms with Gasteiger partial charge in [-0.2, -0.15) is 0 Å². The Balaban J connectivity index is 1.48. The summed E-state index contributed by atoms with van der Waals surface area (Å²) in [7, 11) is 0. The van der Waals surface area contributed by atoms with E-state index in [0.29, 0.717) is 23.6 Å². The summed E-state index contributed by atoms with van der Waals surface area (Å²) < 4.78 is 6.56. The first-order valence-electron chi connectivity index (χ1n) is 11.7. The lowest BCUT2D eigenvalue weighted by Crippen LogP contribution is -2.47. The number of aliphatic hydroxyl groups excluding tert-OH is 1. The van der Waals surface area contributed by atoms with Crippen LogP contribution in [0.1, 0.15) is 36.4 Å². The van der Waals surface area contributed by atoms with Gasteiger partial charge in [0.1, 0.15) is 24.4 Å². The Morgan fingerprint density at radius 3 is 2.58 bits per heavy atom. The fraction of sp³-hybridized carbons (Fsp3) is 0.259. The zero-order chi connectivity index (χ0) is 25.2. The molecule has 5 rings (SSSR count). The predicted molar refractivity (Wildman–Crippen MR) is 145 cm³/mol. The Morgan fingerprint density at radius 2 is 1.86 bits per heavy atom. The highest BCUT2D eigenvalue weighted by molar-refractivity contribution is 14.1. The number of carbonyl (C=O) groups is 2. The molecule has 2 N–H and O–H groups in total. The number of hydrogen-bond donors (Lipinski definition) is 2. The van der Waals surface area contributed by atoms with E-state index in [1.165, 1.54) is 4.90 Å². The fourth-order valence-electron chi connectivity index (χ4n) is 4.60. The molecule has 8 nitrogen and oxygen atoms in total. The second-order valence-electron chi connectivity index (χ2n) is 8.75. The molecule has 3 atom stereocenters. The third-order valence-electron chi connectivity index (χ3n) is 6.42. The predicted octanol–water partition coefficient (Wildman–Crippen LogP) is 4.28. The van der Waals surface area contributed by atoms with Gasteiger partial charge in [-0.1, -0.05) is 55.5 Å². The summed E-state index contributed by atoms with van der Waals surface area (Å²) in [5.41, 5.74) is 3.26. The number of rotatable bonds is 8. The van der Waals surface area contributed by atoms with Crippen molar-refractivity contribution in [2.24, 2.45) is 9.98 Å². The van der Waals surface area contributed by atoms with Crippen LogP contribution in [0.5, 0.6) is 5.75 Å². The van der Waals surface area contributed by atoms with Crippen LogP contribution in [0.2, 0.25) is 0 Å². The number of urea groups is 1. The van der Waals surface area contributed by atoms with Gasteiger partial charge in [-0.25, -0.2) is 14.8 Å². The van der Waals surface area contributed by atoms with Gasteiger partial charge in [0.25, 0.3) is 5.91 Å². The number of imide groups is 1. The molecule has 0 saturated carbocycles. The Kier molecular flexibility index (Phi) is 7.01. The third kappa shape index (κ3) is 4.72. The van der Waals surface area contributed by atoms with Crippen LogP contribution < -0.4 is 10.1 Å². The van der Waals surface area contributed by atoms with Crippen molar-refractivity contribution >= 4 is 46.1 Å². The van der Waals surface area contributed by atoms with E-state index in [1.54, 1.807) is 24.3 Å². The number of allylic oxidation sites excluding steroid dienone is 4. The molecule has 9 heteroatoms. The van der Waals surface area contributed by atoms with Crippen molar-refractivity contribution in [2.75, 3.05) is 13.2 Å². The molecular formula is C27H25IN4O4. The number of aliphatic hydroxyl groups is 1. The number of ether oxygens (including phenoxy) is 1. The highest BCUT2D eigenvalue weighted by Gasteiger charge is 2.47. The van der Waals surface area contributed by atoms with E-state index in [4.69, 9.17) is 19.8 Å². The number of fused-ring (bicyclic) bond motifs is 1. The fourth-order valence-corrected chi connectivity index (χ4v) is 5.14. The summed E-state index contributed by atoms with van der Waals surface area (Å²) in [5.74, 6) is 0.456. The first-order chi connectivity index (χ1) is 17.5. The monoisotopic (exact) mass is 596 g/mol. The third-order valence-corrected chi connectivity index (χ3v) is 7.17. The minimum absolute atomic E-state index is 0.0882. The average Bonchev–Trinajstić information content (AvgIpc) is 3.44. The van der Waals surface area contributed by atoms with E-state index in [2.05, 4.69) is 27.9 Å². The number of halogens is 1. The number of nitrogens with one attached hydrogen (secondary N) is 1. The lowest BCUT2D eigenvalue weighted by atomic mass is 9.91. The number of amidine groups is 1. The SMILES string of the molecule is C[C@@H](c1ccccc1)[C@@H](C1=NC2=CC=C(I)CC2=N1)N1C(=O)N[C@H](c2ccc(OCCO)cc2)C1=O. The molecule has 1 aliphatic carbocycles. The number of hydrogen-bond acceptors (Lipinski definition) is 6. The summed E-state index contributed by atoms with van der Waals surface area (Å²) in [4.78, 5) is 37.8. The molecule has 1 fully saturated rings. The Morgan fingerprint density at radius 1 is 1.11 bits per heavy atom. The molecule has 0 aromatic heterocycles. The minimum Gasteiger partial charge on any atom is -0.491 e. The molecule has 0 bridgehead atoms. The molecule has 36 heavy (non-hydrogen) atoms. The lowest BCUT2D eigenvalue weighted by Gasteiger charge is -2.30. The maximum atomic E-state index is 13.7. The van der Waals surface area contributed by atoms with Gasteiger partial charge in [-0.15, -0.1) is 0 Å². The first-order valence-corrected chi connectivity index (χ1v) is 12.8. The highest BCUT2D eigenvalue weighted by Crippen LogP contribution is 2.34. The molecule has 3 aliphatic rings. The molecule has 2 aromatic carbocycles. The molecule has 2 heterocycles. The molecule has 2 aliphatic heterocycles. The summed E-state index contributed by atoms with van der Waals surface area (Å²) in [5, 5.41) is 11.8. The molecule has 0 spiro atoms. The van der Waals surface area contributed by atoms with E-state index in [1.807, 2.05) is 49.4 Å². The maximum absolute atomic E-state index is 13.7. The van der Waals surface area contributed by atoms with Gasteiger partial charge in [-0.3, -0.25) is 9.69 Å². The Hall–Kier alpha value is -3.31. The molecule has 1 saturated heterocycles. The van der Waals surface area contributed by atoms with Crippen molar-refractivity contribution in [3.05, 3.63) is 87.2 Å². The maximum Gasteiger partial charge on any atom is 0.325 e. The topological polar surface area (TPSA) is 104 Å². The highest BCUT2D eigenvalue weighted by atomic mass is 127. The van der Waals surface area contributed by atoms with Crippen LogP contribution in [0.4, 0.5) is 4.79 Å². The summed E-state index contributed by atoms with van der Waals surface area (Å²) in [6.07, 6.45) is 4.62. The quantitative estimate of drug-likeness (QED) is 0.351. The molecule has 184 valence electrons. The van der Waals surface area contributed by atoms with E-state index < -0.39 is 18.1 Å². The van der Waals surface area contributed by atoms with Crippen LogP contribution in [-0.4, -0.2) is 52.7 Å². The van der Waals surface area contributed by atoms with Crippen LogP contribution in [0.3, 0.4) is 0 Å². The van der Waals surface area contributed by atoms with Gasteiger partial charge < -0.3 is 15.2 Å². The lowest BCUT2D eigenvalue weighted by molar-refractivity contribution is -0.128. The largest absolute Gasteiger partial charge is 0.491 e. The van der Waals surface area contributed by atoms with Crippen molar-refractivity contribution in [1.29, 1.82) is 0 Å². The second-order valence-corrected chi connectivity index (χ2v) is 10.1. The zero-order valence-corrected chi connectivity index (χ0v) is 21.8. The van der Waals surface area contributed by atoms with Crippen LogP contribution in [0, 0.1) is 0 Å². The van der Waals surface area contributed by atoms with Crippen LogP contribution in [0.25, 0.3) is 0 Å². The zero-order valence-electron chi connectivity index (χ0n) is 19.6. The average molecular weight is 596 g/mol. The van der Waals surface area contributed by atoms with Gasteiger partial charge in [-0.05, 0) is 55.5 Å². The molecule has 3 amide bonds. The summed E-state index contributed by atoms with van der Waals surface area (Å²) in [6, 6.07) is 14.7. The summed E-state index contributed by atoms with van der Waals surface area (Å²) >= 11 is 2.28. The van der Waals surface area contributed by atoms with E-state index >= 15 is 0 Å². The van der Waals surface area contributed by atoms with Gasteiger partial charge >= 0.3 is 6.03 Å². The van der Waals surface area contributed by atoms with Crippen molar-refractivity contribution < 1.29 is 19.4 Å². The van der Waals surface area contributed by atoms with Crippen molar-refractivity contribution in [3.63, 3.8) is 0 Å². The smallest absolute Gasteiger partial charge is 0.325 e. The number of benzene rings is 2. The second kappa shape index (κ2) is 10.4. The number of carbonyl (C=O) groups excluding carboxylic acids is 2. The van der Waals surface area contributed by atoms with Crippen molar-refractivity contribution in [3.8, 4) is 5.75 Å². The van der Waals surface area contributed by atoms with Crippen molar-refractivity contribution in [1.82, 2.24) is 10.2 Å². The molecule has 2 aromatic rings. The van der Waals surface area contributed by atoms with Gasteiger partial charge in [0.05, 0.1) is 18.0 Å². The normalized spacial score (nSPS) is 20.6. The number of aliphatic imine (C=N–C) groups is 2. The first kappa shape index (κ1) is 24.4.